The zero-order chi connectivity index (χ0) is 12.7. The van der Waals surface area contributed by atoms with Crippen LogP contribution in [0.3, 0.4) is 0 Å². The summed E-state index contributed by atoms with van der Waals surface area (Å²) in [6, 6.07) is 0.350. The second-order valence-corrected chi connectivity index (χ2v) is 4.68. The molecule has 5 heteroatoms. The van der Waals surface area contributed by atoms with Crippen LogP contribution < -0.4 is 5.32 Å². The molecule has 17 heavy (non-hydrogen) atoms. The number of likely N-dealkylation sites (tertiary alicyclic amines) is 1. The van der Waals surface area contributed by atoms with Crippen molar-refractivity contribution < 1.29 is 14.7 Å². The number of carbonyl (C=O) groups is 2. The van der Waals surface area contributed by atoms with Gasteiger partial charge in [0.05, 0.1) is 0 Å². The molecule has 1 saturated heterocycles. The van der Waals surface area contributed by atoms with E-state index < -0.39 is 5.97 Å². The van der Waals surface area contributed by atoms with Crippen LogP contribution in [0.2, 0.25) is 0 Å². The van der Waals surface area contributed by atoms with Crippen molar-refractivity contribution in [3.63, 3.8) is 0 Å². The second-order valence-electron chi connectivity index (χ2n) is 4.68. The quantitative estimate of drug-likeness (QED) is 0.677. The number of amides is 1. The topological polar surface area (TPSA) is 69.6 Å². The zero-order valence-electron chi connectivity index (χ0n) is 10.4. The Hall–Kier alpha value is -1.10. The molecule has 0 aromatic carbocycles. The first-order valence-electron chi connectivity index (χ1n) is 6.28. The Morgan fingerprint density at radius 2 is 2.18 bits per heavy atom. The van der Waals surface area contributed by atoms with Crippen molar-refractivity contribution in [2.75, 3.05) is 20.1 Å². The van der Waals surface area contributed by atoms with Crippen LogP contribution in [0.25, 0.3) is 0 Å². The molecule has 0 saturated carbocycles. The molecule has 0 spiro atoms. The summed E-state index contributed by atoms with van der Waals surface area (Å²) in [7, 11) is 2.06. The lowest BCUT2D eigenvalue weighted by Gasteiger charge is -2.31. The minimum absolute atomic E-state index is 0.0362. The number of carboxylic acid groups (broad SMARTS) is 1. The maximum atomic E-state index is 11.6. The van der Waals surface area contributed by atoms with E-state index in [0.29, 0.717) is 25.4 Å². The summed E-state index contributed by atoms with van der Waals surface area (Å²) in [4.78, 5) is 24.1. The van der Waals surface area contributed by atoms with Crippen molar-refractivity contribution in [2.45, 2.75) is 44.6 Å². The van der Waals surface area contributed by atoms with E-state index in [1.165, 1.54) is 12.8 Å². The van der Waals surface area contributed by atoms with Gasteiger partial charge in [-0.15, -0.1) is 0 Å². The second kappa shape index (κ2) is 7.27. The van der Waals surface area contributed by atoms with Crippen LogP contribution in [-0.2, 0) is 9.59 Å². The van der Waals surface area contributed by atoms with Gasteiger partial charge < -0.3 is 15.3 Å². The SMILES string of the molecule is CN1CCCCC1CC(=O)NCCCC(=O)O. The lowest BCUT2D eigenvalue weighted by atomic mass is 10.00. The van der Waals surface area contributed by atoms with Gasteiger partial charge >= 0.3 is 5.97 Å². The van der Waals surface area contributed by atoms with Crippen molar-refractivity contribution in [3.8, 4) is 0 Å². The van der Waals surface area contributed by atoms with Gasteiger partial charge in [0.1, 0.15) is 0 Å². The van der Waals surface area contributed by atoms with Crippen LogP contribution in [0, 0.1) is 0 Å². The van der Waals surface area contributed by atoms with Crippen molar-refractivity contribution in [1.29, 1.82) is 0 Å². The first-order valence-corrected chi connectivity index (χ1v) is 6.28. The van der Waals surface area contributed by atoms with E-state index >= 15 is 0 Å². The standard InChI is InChI=1S/C12H22N2O3/c1-14-8-3-2-5-10(14)9-11(15)13-7-4-6-12(16)17/h10H,2-9H2,1H3,(H,13,15)(H,16,17). The van der Waals surface area contributed by atoms with Crippen molar-refractivity contribution in [1.82, 2.24) is 10.2 Å². The van der Waals surface area contributed by atoms with Crippen LogP contribution in [0.4, 0.5) is 0 Å². The molecule has 1 unspecified atom stereocenters. The summed E-state index contributed by atoms with van der Waals surface area (Å²) in [5, 5.41) is 11.2. The fourth-order valence-corrected chi connectivity index (χ4v) is 2.16. The number of nitrogens with zero attached hydrogens (tertiary/aromatic N) is 1. The minimum Gasteiger partial charge on any atom is -0.481 e. The first-order chi connectivity index (χ1) is 8.09. The highest BCUT2D eigenvalue weighted by Crippen LogP contribution is 2.17. The average molecular weight is 242 g/mol. The van der Waals surface area contributed by atoms with E-state index in [0.717, 1.165) is 13.0 Å². The third kappa shape index (κ3) is 5.68. The van der Waals surface area contributed by atoms with Gasteiger partial charge in [0.2, 0.25) is 5.91 Å². The smallest absolute Gasteiger partial charge is 0.303 e. The lowest BCUT2D eigenvalue weighted by molar-refractivity contribution is -0.137. The van der Waals surface area contributed by atoms with Crippen LogP contribution in [0.15, 0.2) is 0 Å². The van der Waals surface area contributed by atoms with Gasteiger partial charge in [-0.3, -0.25) is 9.59 Å². The number of piperidine rings is 1. The van der Waals surface area contributed by atoms with Crippen molar-refractivity contribution in [2.24, 2.45) is 0 Å². The fraction of sp³-hybridized carbons (Fsp3) is 0.833. The Balaban J connectivity index is 2.13. The lowest BCUT2D eigenvalue weighted by Crippen LogP contribution is -2.40. The first kappa shape index (κ1) is 14.0. The molecule has 1 atom stereocenters. The zero-order valence-corrected chi connectivity index (χ0v) is 10.4. The molecule has 1 aliphatic heterocycles. The molecule has 0 bridgehead atoms. The summed E-state index contributed by atoms with van der Waals surface area (Å²) >= 11 is 0. The van der Waals surface area contributed by atoms with Crippen LogP contribution in [0.5, 0.6) is 0 Å². The summed E-state index contributed by atoms with van der Waals surface area (Å²) in [6.07, 6.45) is 4.64. The summed E-state index contributed by atoms with van der Waals surface area (Å²) in [6.45, 7) is 1.53. The van der Waals surface area contributed by atoms with Gasteiger partial charge in [-0.25, -0.2) is 0 Å². The van der Waals surface area contributed by atoms with Gasteiger partial charge in [-0.2, -0.15) is 0 Å². The van der Waals surface area contributed by atoms with Gasteiger partial charge in [0, 0.05) is 25.4 Å². The molecule has 0 radical (unpaired) electrons. The molecular weight excluding hydrogens is 220 g/mol. The van der Waals surface area contributed by atoms with E-state index in [4.69, 9.17) is 5.11 Å². The number of aliphatic carboxylic acids is 1. The maximum Gasteiger partial charge on any atom is 0.303 e. The highest BCUT2D eigenvalue weighted by atomic mass is 16.4. The van der Waals surface area contributed by atoms with E-state index in [1.54, 1.807) is 0 Å². The number of hydrogen-bond donors (Lipinski definition) is 2. The molecule has 5 nitrogen and oxygen atoms in total. The Morgan fingerprint density at radius 1 is 1.41 bits per heavy atom. The number of rotatable bonds is 6. The number of carbonyl (C=O) groups excluding carboxylic acids is 1. The number of nitrogens with one attached hydrogen (secondary N) is 1. The van der Waals surface area contributed by atoms with E-state index in [9.17, 15) is 9.59 Å². The molecule has 0 aliphatic carbocycles. The number of hydrogen-bond acceptors (Lipinski definition) is 3. The molecule has 1 aliphatic rings. The van der Waals surface area contributed by atoms with Gasteiger partial charge in [-0.1, -0.05) is 6.42 Å². The highest BCUT2D eigenvalue weighted by Gasteiger charge is 2.21. The molecule has 1 amide bonds. The van der Waals surface area contributed by atoms with Crippen LogP contribution in [-0.4, -0.2) is 48.1 Å². The van der Waals surface area contributed by atoms with Crippen molar-refractivity contribution in [3.05, 3.63) is 0 Å². The minimum atomic E-state index is -0.814. The Labute approximate surface area is 102 Å². The van der Waals surface area contributed by atoms with E-state index in [-0.39, 0.29) is 12.3 Å². The largest absolute Gasteiger partial charge is 0.481 e. The molecule has 1 heterocycles. The van der Waals surface area contributed by atoms with E-state index in [2.05, 4.69) is 17.3 Å². The molecule has 0 aromatic heterocycles. The molecule has 1 rings (SSSR count). The van der Waals surface area contributed by atoms with Gasteiger partial charge in [0.15, 0.2) is 0 Å². The molecule has 98 valence electrons. The maximum absolute atomic E-state index is 11.6. The molecular formula is C12H22N2O3. The summed E-state index contributed by atoms with van der Waals surface area (Å²) < 4.78 is 0. The van der Waals surface area contributed by atoms with Crippen LogP contribution >= 0.6 is 0 Å². The highest BCUT2D eigenvalue weighted by molar-refractivity contribution is 5.76. The van der Waals surface area contributed by atoms with Gasteiger partial charge in [-0.05, 0) is 32.9 Å². The predicted molar refractivity (Wildman–Crippen MR) is 64.8 cm³/mol. The Kier molecular flexibility index (Phi) is 5.97. The molecule has 1 fully saturated rings. The normalized spacial score (nSPS) is 21.1. The summed E-state index contributed by atoms with van der Waals surface area (Å²) in [5.74, 6) is -0.777. The third-order valence-electron chi connectivity index (χ3n) is 3.23. The number of carboxylic acids is 1. The third-order valence-corrected chi connectivity index (χ3v) is 3.23. The predicted octanol–water partition coefficient (Wildman–Crippen LogP) is 0.842. The van der Waals surface area contributed by atoms with Crippen molar-refractivity contribution >= 4 is 11.9 Å². The fourth-order valence-electron chi connectivity index (χ4n) is 2.16. The molecule has 0 aromatic rings. The van der Waals surface area contributed by atoms with E-state index in [1.807, 2.05) is 0 Å². The summed E-state index contributed by atoms with van der Waals surface area (Å²) in [5.41, 5.74) is 0. The van der Waals surface area contributed by atoms with Crippen LogP contribution in [0.1, 0.15) is 38.5 Å². The monoisotopic (exact) mass is 242 g/mol. The average Bonchev–Trinajstić information content (AvgIpc) is 2.27. The Morgan fingerprint density at radius 3 is 2.82 bits per heavy atom. The Bertz CT molecular complexity index is 268. The molecule has 2 N–H and O–H groups in total. The van der Waals surface area contributed by atoms with Gasteiger partial charge in [0.25, 0.3) is 0 Å².